The van der Waals surface area contributed by atoms with Crippen LogP contribution in [0, 0.1) is 0 Å². The van der Waals surface area contributed by atoms with Gasteiger partial charge in [0.2, 0.25) is 0 Å². The topological polar surface area (TPSA) is 40.7 Å². The summed E-state index contributed by atoms with van der Waals surface area (Å²) < 4.78 is 0. The minimum absolute atomic E-state index is 1.04. The third-order valence-corrected chi connectivity index (χ3v) is 1.84. The smallest absolute Gasteiger partial charge is 0.0490 e. The molecule has 0 aliphatic carbocycles. The van der Waals surface area contributed by atoms with Gasteiger partial charge in [-0.25, -0.2) is 0 Å². The van der Waals surface area contributed by atoms with Crippen LogP contribution in [0.25, 0.3) is 0 Å². The summed E-state index contributed by atoms with van der Waals surface area (Å²) in [6.45, 7) is 4.38. The molecule has 3 heteroatoms. The zero-order valence-electron chi connectivity index (χ0n) is 7.64. The summed E-state index contributed by atoms with van der Waals surface area (Å²) in [5, 5.41) is 10.2. The van der Waals surface area contributed by atoms with E-state index in [2.05, 4.69) is 22.4 Å². The number of hydrogen-bond acceptors (Lipinski definition) is 2. The number of H-pyrrole nitrogens is 1. The second-order valence-electron chi connectivity index (χ2n) is 2.94. The summed E-state index contributed by atoms with van der Waals surface area (Å²) in [7, 11) is 0. The maximum Gasteiger partial charge on any atom is 0.0490 e. The van der Waals surface area contributed by atoms with Crippen LogP contribution in [0.2, 0.25) is 0 Å². The molecule has 0 amide bonds. The van der Waals surface area contributed by atoms with Gasteiger partial charge >= 0.3 is 0 Å². The average Bonchev–Trinajstić information content (AvgIpc) is 2.57. The minimum Gasteiger partial charge on any atom is -0.316 e. The number of nitrogens with zero attached hydrogens (tertiary/aromatic N) is 1. The molecule has 0 bridgehead atoms. The monoisotopic (exact) mass is 167 g/mol. The van der Waals surface area contributed by atoms with Crippen LogP contribution in [0.3, 0.4) is 0 Å². The summed E-state index contributed by atoms with van der Waals surface area (Å²) in [6.07, 6.45) is 5.37. The summed E-state index contributed by atoms with van der Waals surface area (Å²) in [4.78, 5) is 0. The predicted octanol–water partition coefficient (Wildman–Crippen LogP) is 1.34. The molecule has 1 aromatic rings. The van der Waals surface area contributed by atoms with Crippen molar-refractivity contribution in [1.82, 2.24) is 15.5 Å². The number of unbranched alkanes of at least 4 members (excludes halogenated alkanes) is 1. The highest BCUT2D eigenvalue weighted by molar-refractivity contribution is 4.97. The van der Waals surface area contributed by atoms with Crippen molar-refractivity contribution in [2.75, 3.05) is 13.1 Å². The summed E-state index contributed by atoms with van der Waals surface area (Å²) in [5.41, 5.74) is 1.21. The highest BCUT2D eigenvalue weighted by atomic mass is 15.1. The molecular formula is C9H17N3. The molecule has 0 unspecified atom stereocenters. The van der Waals surface area contributed by atoms with Gasteiger partial charge in [-0.2, -0.15) is 5.10 Å². The fraction of sp³-hybridized carbons (Fsp3) is 0.667. The third kappa shape index (κ3) is 3.53. The first-order valence-corrected chi connectivity index (χ1v) is 4.62. The van der Waals surface area contributed by atoms with Crippen molar-refractivity contribution in [3.63, 3.8) is 0 Å². The van der Waals surface area contributed by atoms with E-state index in [0.717, 1.165) is 19.5 Å². The molecule has 0 spiro atoms. The zero-order chi connectivity index (χ0) is 8.65. The second kappa shape index (κ2) is 5.77. The van der Waals surface area contributed by atoms with E-state index < -0.39 is 0 Å². The molecule has 0 atom stereocenters. The highest BCUT2D eigenvalue weighted by Gasteiger charge is 1.91. The zero-order valence-corrected chi connectivity index (χ0v) is 7.64. The molecule has 0 fully saturated rings. The Bertz CT molecular complexity index is 182. The van der Waals surface area contributed by atoms with E-state index >= 15 is 0 Å². The normalized spacial score (nSPS) is 10.4. The van der Waals surface area contributed by atoms with Crippen LogP contribution in [-0.2, 0) is 6.42 Å². The Balaban J connectivity index is 1.96. The molecule has 0 saturated carbocycles. The second-order valence-corrected chi connectivity index (χ2v) is 2.94. The number of aromatic amines is 1. The van der Waals surface area contributed by atoms with E-state index in [-0.39, 0.29) is 0 Å². The lowest BCUT2D eigenvalue weighted by Gasteiger charge is -2.00. The van der Waals surface area contributed by atoms with Crippen molar-refractivity contribution < 1.29 is 0 Å². The Morgan fingerprint density at radius 1 is 1.50 bits per heavy atom. The Morgan fingerprint density at radius 2 is 2.42 bits per heavy atom. The fourth-order valence-electron chi connectivity index (χ4n) is 1.07. The Morgan fingerprint density at radius 3 is 3.08 bits per heavy atom. The van der Waals surface area contributed by atoms with Crippen molar-refractivity contribution in [3.8, 4) is 0 Å². The van der Waals surface area contributed by atoms with Gasteiger partial charge in [-0.15, -0.1) is 0 Å². The molecule has 0 aromatic carbocycles. The molecular weight excluding hydrogens is 150 g/mol. The van der Waals surface area contributed by atoms with Crippen LogP contribution in [0.5, 0.6) is 0 Å². The molecule has 0 saturated heterocycles. The molecule has 3 nitrogen and oxygen atoms in total. The van der Waals surface area contributed by atoms with E-state index in [4.69, 9.17) is 0 Å². The van der Waals surface area contributed by atoms with Crippen LogP contribution in [0.15, 0.2) is 12.3 Å². The minimum atomic E-state index is 1.04. The molecule has 2 N–H and O–H groups in total. The lowest BCUT2D eigenvalue weighted by molar-refractivity contribution is 0.635. The molecule has 1 aromatic heterocycles. The van der Waals surface area contributed by atoms with Crippen LogP contribution >= 0.6 is 0 Å². The predicted molar refractivity (Wildman–Crippen MR) is 50.1 cm³/mol. The number of nitrogens with one attached hydrogen (secondary N) is 2. The number of rotatable bonds is 6. The van der Waals surface area contributed by atoms with E-state index in [1.54, 1.807) is 6.20 Å². The van der Waals surface area contributed by atoms with Gasteiger partial charge in [0.05, 0.1) is 0 Å². The largest absolute Gasteiger partial charge is 0.316 e. The Hall–Kier alpha value is -0.830. The average molecular weight is 167 g/mol. The first-order chi connectivity index (χ1) is 5.93. The van der Waals surface area contributed by atoms with E-state index in [1.165, 1.54) is 18.5 Å². The van der Waals surface area contributed by atoms with Crippen molar-refractivity contribution >= 4 is 0 Å². The summed E-state index contributed by atoms with van der Waals surface area (Å²) in [5.74, 6) is 0. The van der Waals surface area contributed by atoms with Gasteiger partial charge in [0, 0.05) is 24.9 Å². The van der Waals surface area contributed by atoms with Crippen LogP contribution in [0.1, 0.15) is 25.5 Å². The van der Waals surface area contributed by atoms with Gasteiger partial charge in [0.1, 0.15) is 0 Å². The molecule has 1 rings (SSSR count). The van der Waals surface area contributed by atoms with Crippen molar-refractivity contribution in [2.45, 2.75) is 26.2 Å². The van der Waals surface area contributed by atoms with Crippen molar-refractivity contribution in [3.05, 3.63) is 18.0 Å². The van der Waals surface area contributed by atoms with Gasteiger partial charge in [-0.05, 0) is 19.0 Å². The van der Waals surface area contributed by atoms with Crippen LogP contribution in [-0.4, -0.2) is 23.3 Å². The van der Waals surface area contributed by atoms with E-state index in [0.29, 0.717) is 0 Å². The molecule has 1 heterocycles. The van der Waals surface area contributed by atoms with Crippen molar-refractivity contribution in [2.24, 2.45) is 0 Å². The maximum absolute atomic E-state index is 3.88. The quantitative estimate of drug-likeness (QED) is 0.628. The first kappa shape index (κ1) is 9.26. The van der Waals surface area contributed by atoms with E-state index in [1.807, 2.05) is 6.07 Å². The summed E-state index contributed by atoms with van der Waals surface area (Å²) in [6, 6.07) is 2.02. The van der Waals surface area contributed by atoms with Gasteiger partial charge in [-0.1, -0.05) is 13.3 Å². The Labute approximate surface area is 73.6 Å². The Kier molecular flexibility index (Phi) is 4.46. The SMILES string of the molecule is CCCCNCCc1ccn[nH]1. The lowest BCUT2D eigenvalue weighted by Crippen LogP contribution is -2.18. The van der Waals surface area contributed by atoms with Gasteiger partial charge in [-0.3, -0.25) is 5.10 Å². The van der Waals surface area contributed by atoms with Gasteiger partial charge < -0.3 is 5.32 Å². The summed E-state index contributed by atoms with van der Waals surface area (Å²) >= 11 is 0. The lowest BCUT2D eigenvalue weighted by atomic mass is 10.3. The van der Waals surface area contributed by atoms with Gasteiger partial charge in [0.15, 0.2) is 0 Å². The highest BCUT2D eigenvalue weighted by Crippen LogP contribution is 1.91. The molecule has 12 heavy (non-hydrogen) atoms. The molecule has 0 aliphatic rings. The van der Waals surface area contributed by atoms with Gasteiger partial charge in [0.25, 0.3) is 0 Å². The first-order valence-electron chi connectivity index (χ1n) is 4.62. The molecule has 0 aliphatic heterocycles. The maximum atomic E-state index is 3.88. The fourth-order valence-corrected chi connectivity index (χ4v) is 1.07. The standard InChI is InChI=1S/C9H17N3/c1-2-3-6-10-7-4-9-5-8-11-12-9/h5,8,10H,2-4,6-7H2,1H3,(H,11,12). The molecule has 0 radical (unpaired) electrons. The van der Waals surface area contributed by atoms with Crippen LogP contribution in [0.4, 0.5) is 0 Å². The third-order valence-electron chi connectivity index (χ3n) is 1.84. The van der Waals surface area contributed by atoms with E-state index in [9.17, 15) is 0 Å². The number of aromatic nitrogens is 2. The molecule has 68 valence electrons. The van der Waals surface area contributed by atoms with Crippen LogP contribution < -0.4 is 5.32 Å². The van der Waals surface area contributed by atoms with Crippen molar-refractivity contribution in [1.29, 1.82) is 0 Å². The number of hydrogen-bond donors (Lipinski definition) is 2.